The average molecular weight is 220 g/mol. The Morgan fingerprint density at radius 2 is 2.25 bits per heavy atom. The Morgan fingerprint density at radius 3 is 2.75 bits per heavy atom. The van der Waals surface area contributed by atoms with Crippen molar-refractivity contribution in [1.82, 2.24) is 14.9 Å². The molecular formula is C11H16N4O. The zero-order valence-electron chi connectivity index (χ0n) is 9.39. The van der Waals surface area contributed by atoms with Gasteiger partial charge in [-0.3, -0.25) is 4.79 Å². The molecule has 0 radical (unpaired) electrons. The third-order valence-corrected chi connectivity index (χ3v) is 2.99. The van der Waals surface area contributed by atoms with Gasteiger partial charge in [-0.15, -0.1) is 0 Å². The van der Waals surface area contributed by atoms with E-state index < -0.39 is 0 Å². The van der Waals surface area contributed by atoms with Crippen molar-refractivity contribution in [2.24, 2.45) is 5.92 Å². The Kier molecular flexibility index (Phi) is 3.03. The Bertz CT molecular complexity index is 372. The molecular weight excluding hydrogens is 204 g/mol. The molecule has 86 valence electrons. The van der Waals surface area contributed by atoms with Crippen molar-refractivity contribution in [3.05, 3.63) is 18.1 Å². The Morgan fingerprint density at radius 1 is 1.50 bits per heavy atom. The quantitative estimate of drug-likeness (QED) is 0.822. The lowest BCUT2D eigenvalue weighted by Crippen LogP contribution is -2.34. The summed E-state index contributed by atoms with van der Waals surface area (Å²) in [6.07, 6.45) is 6.57. The van der Waals surface area contributed by atoms with Crippen LogP contribution in [-0.2, 0) is 0 Å². The standard InChI is InChI=1S/C11H16N4O/c1-15(7-8-3-2-4-8)11(16)9-5-14-10(12)6-13-9/h5-6,8H,2-4,7H2,1H3,(H2,12,14). The van der Waals surface area contributed by atoms with Gasteiger partial charge in [0.1, 0.15) is 11.5 Å². The summed E-state index contributed by atoms with van der Waals surface area (Å²) in [7, 11) is 1.80. The van der Waals surface area contributed by atoms with Crippen molar-refractivity contribution >= 4 is 11.7 Å². The summed E-state index contributed by atoms with van der Waals surface area (Å²) in [4.78, 5) is 21.5. The predicted molar refractivity (Wildman–Crippen MR) is 60.7 cm³/mol. The topological polar surface area (TPSA) is 72.1 Å². The molecule has 0 unspecified atom stereocenters. The molecule has 1 aromatic rings. The van der Waals surface area contributed by atoms with Crippen LogP contribution in [0.15, 0.2) is 12.4 Å². The molecule has 5 heteroatoms. The maximum absolute atomic E-state index is 11.9. The highest BCUT2D eigenvalue weighted by Crippen LogP contribution is 2.26. The first-order valence-electron chi connectivity index (χ1n) is 5.50. The van der Waals surface area contributed by atoms with Crippen molar-refractivity contribution in [2.45, 2.75) is 19.3 Å². The van der Waals surface area contributed by atoms with Crippen LogP contribution in [0, 0.1) is 5.92 Å². The number of carbonyl (C=O) groups excluding carboxylic acids is 1. The first-order valence-corrected chi connectivity index (χ1v) is 5.50. The smallest absolute Gasteiger partial charge is 0.273 e. The minimum Gasteiger partial charge on any atom is -0.382 e. The van der Waals surface area contributed by atoms with Gasteiger partial charge >= 0.3 is 0 Å². The van der Waals surface area contributed by atoms with Gasteiger partial charge in [-0.1, -0.05) is 6.42 Å². The number of carbonyl (C=O) groups is 1. The van der Waals surface area contributed by atoms with Crippen molar-refractivity contribution < 1.29 is 4.79 Å². The fraction of sp³-hybridized carbons (Fsp3) is 0.545. The summed E-state index contributed by atoms with van der Waals surface area (Å²) >= 11 is 0. The number of hydrogen-bond acceptors (Lipinski definition) is 4. The molecule has 0 aliphatic heterocycles. The van der Waals surface area contributed by atoms with E-state index in [-0.39, 0.29) is 5.91 Å². The van der Waals surface area contributed by atoms with E-state index in [1.54, 1.807) is 11.9 Å². The minimum atomic E-state index is -0.0839. The van der Waals surface area contributed by atoms with Gasteiger partial charge in [-0.25, -0.2) is 9.97 Å². The third-order valence-electron chi connectivity index (χ3n) is 2.99. The molecule has 16 heavy (non-hydrogen) atoms. The lowest BCUT2D eigenvalue weighted by Gasteiger charge is -2.29. The second kappa shape index (κ2) is 4.47. The summed E-state index contributed by atoms with van der Waals surface area (Å²) < 4.78 is 0. The molecule has 0 spiro atoms. The Labute approximate surface area is 94.7 Å². The van der Waals surface area contributed by atoms with Crippen LogP contribution >= 0.6 is 0 Å². The monoisotopic (exact) mass is 220 g/mol. The number of amides is 1. The summed E-state index contributed by atoms with van der Waals surface area (Å²) in [5, 5.41) is 0. The van der Waals surface area contributed by atoms with E-state index in [4.69, 9.17) is 5.73 Å². The van der Waals surface area contributed by atoms with Gasteiger partial charge in [-0.2, -0.15) is 0 Å². The first-order chi connectivity index (χ1) is 7.66. The molecule has 1 fully saturated rings. The highest BCUT2D eigenvalue weighted by Gasteiger charge is 2.22. The number of nitrogen functional groups attached to an aromatic ring is 1. The van der Waals surface area contributed by atoms with E-state index in [2.05, 4.69) is 9.97 Å². The molecule has 0 bridgehead atoms. The van der Waals surface area contributed by atoms with E-state index in [1.807, 2.05) is 0 Å². The molecule has 0 saturated heterocycles. The van der Waals surface area contributed by atoms with Gasteiger partial charge in [0.05, 0.1) is 12.4 Å². The third kappa shape index (κ3) is 2.29. The van der Waals surface area contributed by atoms with Crippen LogP contribution in [0.2, 0.25) is 0 Å². The van der Waals surface area contributed by atoms with Crippen molar-refractivity contribution in [1.29, 1.82) is 0 Å². The molecule has 1 saturated carbocycles. The molecule has 5 nitrogen and oxygen atoms in total. The van der Waals surface area contributed by atoms with E-state index in [9.17, 15) is 4.79 Å². The number of nitrogens with two attached hydrogens (primary N) is 1. The maximum atomic E-state index is 11.9. The maximum Gasteiger partial charge on any atom is 0.273 e. The van der Waals surface area contributed by atoms with Gasteiger partial charge in [0.2, 0.25) is 0 Å². The Hall–Kier alpha value is -1.65. The lowest BCUT2D eigenvalue weighted by atomic mass is 9.85. The minimum absolute atomic E-state index is 0.0839. The van der Waals surface area contributed by atoms with Crippen LogP contribution in [0.5, 0.6) is 0 Å². The number of hydrogen-bond donors (Lipinski definition) is 1. The molecule has 0 atom stereocenters. The van der Waals surface area contributed by atoms with E-state index in [1.165, 1.54) is 31.7 Å². The van der Waals surface area contributed by atoms with Crippen molar-refractivity contribution in [3.63, 3.8) is 0 Å². The summed E-state index contributed by atoms with van der Waals surface area (Å²) in [5.41, 5.74) is 5.77. The lowest BCUT2D eigenvalue weighted by molar-refractivity contribution is 0.0739. The van der Waals surface area contributed by atoms with Gasteiger partial charge in [0, 0.05) is 13.6 Å². The molecule has 1 amide bonds. The molecule has 1 aliphatic carbocycles. The second-order valence-corrected chi connectivity index (χ2v) is 4.31. The average Bonchev–Trinajstić information content (AvgIpc) is 2.23. The zero-order chi connectivity index (χ0) is 11.5. The van der Waals surface area contributed by atoms with E-state index >= 15 is 0 Å². The van der Waals surface area contributed by atoms with E-state index in [0.29, 0.717) is 17.4 Å². The van der Waals surface area contributed by atoms with Crippen molar-refractivity contribution in [3.8, 4) is 0 Å². The molecule has 2 rings (SSSR count). The number of rotatable bonds is 3. The number of aromatic nitrogens is 2. The largest absolute Gasteiger partial charge is 0.382 e. The fourth-order valence-corrected chi connectivity index (χ4v) is 1.79. The molecule has 2 N–H and O–H groups in total. The van der Waals surface area contributed by atoms with Crippen LogP contribution in [0.1, 0.15) is 29.8 Å². The van der Waals surface area contributed by atoms with Crippen LogP contribution in [0.3, 0.4) is 0 Å². The molecule has 1 aromatic heterocycles. The SMILES string of the molecule is CN(CC1CCC1)C(=O)c1cnc(N)cn1. The summed E-state index contributed by atoms with van der Waals surface area (Å²) in [6.45, 7) is 0.810. The predicted octanol–water partition coefficient (Wildman–Crippen LogP) is 0.931. The van der Waals surface area contributed by atoms with Crippen molar-refractivity contribution in [2.75, 3.05) is 19.3 Å². The Balaban J connectivity index is 1.97. The van der Waals surface area contributed by atoms with Crippen LogP contribution in [0.4, 0.5) is 5.82 Å². The zero-order valence-corrected chi connectivity index (χ0v) is 9.39. The van der Waals surface area contributed by atoms with Crippen LogP contribution < -0.4 is 5.73 Å². The molecule has 1 aliphatic rings. The first kappa shape index (κ1) is 10.9. The van der Waals surface area contributed by atoms with Gasteiger partial charge in [0.15, 0.2) is 0 Å². The van der Waals surface area contributed by atoms with Gasteiger partial charge in [0.25, 0.3) is 5.91 Å². The number of anilines is 1. The van der Waals surface area contributed by atoms with Crippen LogP contribution in [0.25, 0.3) is 0 Å². The highest BCUT2D eigenvalue weighted by molar-refractivity contribution is 5.91. The fourth-order valence-electron chi connectivity index (χ4n) is 1.79. The van der Waals surface area contributed by atoms with Gasteiger partial charge < -0.3 is 10.6 Å². The highest BCUT2D eigenvalue weighted by atomic mass is 16.2. The van der Waals surface area contributed by atoms with Gasteiger partial charge in [-0.05, 0) is 18.8 Å². The number of nitrogens with zero attached hydrogens (tertiary/aromatic N) is 3. The van der Waals surface area contributed by atoms with Crippen LogP contribution in [-0.4, -0.2) is 34.4 Å². The summed E-state index contributed by atoms with van der Waals surface area (Å²) in [6, 6.07) is 0. The van der Waals surface area contributed by atoms with E-state index in [0.717, 1.165) is 6.54 Å². The summed E-state index contributed by atoms with van der Waals surface area (Å²) in [5.74, 6) is 0.910. The second-order valence-electron chi connectivity index (χ2n) is 4.31. The molecule has 1 heterocycles. The molecule has 0 aromatic carbocycles. The normalized spacial score (nSPS) is 15.6.